The number of benzene rings is 1. The molecule has 2 nitrogen and oxygen atoms in total. The molecule has 1 N–H and O–H groups in total. The van der Waals surface area contributed by atoms with Crippen molar-refractivity contribution >= 4 is 34.2 Å². The van der Waals surface area contributed by atoms with Crippen LogP contribution in [-0.4, -0.2) is 10.2 Å². The first-order valence-electron chi connectivity index (χ1n) is 4.75. The monoisotopic (exact) mass is 237 g/mol. The maximum absolute atomic E-state index is 11.6. The molecule has 1 heterocycles. The highest BCUT2D eigenvalue weighted by Gasteiger charge is 2.32. The van der Waals surface area contributed by atoms with Gasteiger partial charge in [0.1, 0.15) is 4.32 Å². The predicted octanol–water partition coefficient (Wildman–Crippen LogP) is 2.51. The fraction of sp³-hybridized carbons (Fsp3) is 0.273. The van der Waals surface area contributed by atoms with Gasteiger partial charge in [0.25, 0.3) is 0 Å². The normalized spacial score (nSPS) is 26.2. The molecule has 1 aliphatic rings. The van der Waals surface area contributed by atoms with Gasteiger partial charge in [-0.15, -0.1) is 0 Å². The van der Waals surface area contributed by atoms with Crippen molar-refractivity contribution in [3.8, 4) is 0 Å². The molecule has 1 saturated heterocycles. The van der Waals surface area contributed by atoms with Gasteiger partial charge in [-0.1, -0.05) is 61.2 Å². The summed E-state index contributed by atoms with van der Waals surface area (Å²) < 4.78 is 0.576. The minimum atomic E-state index is -0.0379. The Balaban J connectivity index is 2.28. The van der Waals surface area contributed by atoms with E-state index in [1.165, 1.54) is 0 Å². The molecule has 1 aromatic rings. The number of carbonyl (C=O) groups excluding carboxylic acids is 1. The summed E-state index contributed by atoms with van der Waals surface area (Å²) in [4.78, 5) is 11.6. The van der Waals surface area contributed by atoms with E-state index >= 15 is 0 Å². The standard InChI is InChI=1S/C11H11NOS2/c1-7-9(8-5-3-2-4-6-8)15-11(14)12-10(7)13/h2-7,9H,1H3,(H,12,13,14)/t7-,9+/m0/s1. The summed E-state index contributed by atoms with van der Waals surface area (Å²) in [6.45, 7) is 1.93. The van der Waals surface area contributed by atoms with E-state index in [9.17, 15) is 4.79 Å². The third-order valence-corrected chi connectivity index (χ3v) is 4.10. The lowest BCUT2D eigenvalue weighted by Gasteiger charge is -2.28. The molecule has 2 rings (SSSR count). The van der Waals surface area contributed by atoms with Crippen molar-refractivity contribution in [2.24, 2.45) is 5.92 Å². The van der Waals surface area contributed by atoms with E-state index in [1.807, 2.05) is 37.3 Å². The first kappa shape index (κ1) is 10.6. The molecule has 0 saturated carbocycles. The zero-order chi connectivity index (χ0) is 10.8. The Hall–Kier alpha value is -0.870. The van der Waals surface area contributed by atoms with Crippen molar-refractivity contribution in [3.63, 3.8) is 0 Å². The van der Waals surface area contributed by atoms with Gasteiger partial charge in [-0.3, -0.25) is 4.79 Å². The van der Waals surface area contributed by atoms with Crippen molar-refractivity contribution in [2.45, 2.75) is 12.2 Å². The van der Waals surface area contributed by atoms with Crippen LogP contribution in [0.2, 0.25) is 0 Å². The van der Waals surface area contributed by atoms with Gasteiger partial charge in [-0.25, -0.2) is 0 Å². The number of hydrogen-bond donors (Lipinski definition) is 1. The number of nitrogens with one attached hydrogen (secondary N) is 1. The first-order valence-corrected chi connectivity index (χ1v) is 6.03. The van der Waals surface area contributed by atoms with Crippen LogP contribution in [0.25, 0.3) is 0 Å². The van der Waals surface area contributed by atoms with Crippen molar-refractivity contribution < 1.29 is 4.79 Å². The molecule has 0 aliphatic carbocycles. The maximum Gasteiger partial charge on any atom is 0.229 e. The number of amides is 1. The van der Waals surface area contributed by atoms with E-state index in [4.69, 9.17) is 12.2 Å². The van der Waals surface area contributed by atoms with Crippen LogP contribution in [0, 0.1) is 5.92 Å². The second-order valence-corrected chi connectivity index (χ2v) is 5.33. The van der Waals surface area contributed by atoms with E-state index in [2.05, 4.69) is 5.32 Å². The Morgan fingerprint density at radius 3 is 2.67 bits per heavy atom. The number of hydrogen-bond acceptors (Lipinski definition) is 3. The van der Waals surface area contributed by atoms with Crippen LogP contribution < -0.4 is 5.32 Å². The van der Waals surface area contributed by atoms with Crippen LogP contribution in [0.1, 0.15) is 17.7 Å². The molecule has 1 aromatic carbocycles. The molecule has 0 unspecified atom stereocenters. The van der Waals surface area contributed by atoms with Gasteiger partial charge in [0.2, 0.25) is 5.91 Å². The molecule has 1 aliphatic heterocycles. The van der Waals surface area contributed by atoms with Crippen LogP contribution >= 0.6 is 24.0 Å². The molecule has 0 aromatic heterocycles. The van der Waals surface area contributed by atoms with Gasteiger partial charge in [0.15, 0.2) is 0 Å². The Bertz CT molecular complexity index is 391. The summed E-state index contributed by atoms with van der Waals surface area (Å²) in [5, 5.41) is 2.83. The lowest BCUT2D eigenvalue weighted by atomic mass is 9.99. The molecule has 0 radical (unpaired) electrons. The molecule has 0 bridgehead atoms. The number of rotatable bonds is 1. The van der Waals surface area contributed by atoms with Crippen molar-refractivity contribution in [1.82, 2.24) is 5.32 Å². The molecular formula is C11H11NOS2. The zero-order valence-electron chi connectivity index (χ0n) is 8.27. The first-order chi connectivity index (χ1) is 7.18. The Kier molecular flexibility index (Phi) is 3.07. The molecule has 4 heteroatoms. The van der Waals surface area contributed by atoms with Gasteiger partial charge in [-0.2, -0.15) is 0 Å². The molecule has 78 valence electrons. The average molecular weight is 237 g/mol. The fourth-order valence-electron chi connectivity index (χ4n) is 1.60. The van der Waals surface area contributed by atoms with Crippen molar-refractivity contribution in [1.29, 1.82) is 0 Å². The van der Waals surface area contributed by atoms with E-state index in [0.717, 1.165) is 5.56 Å². The van der Waals surface area contributed by atoms with E-state index in [1.54, 1.807) is 11.8 Å². The number of thiocarbonyl (C=S) groups is 1. The Morgan fingerprint density at radius 1 is 1.33 bits per heavy atom. The van der Waals surface area contributed by atoms with Gasteiger partial charge in [-0.05, 0) is 5.56 Å². The van der Waals surface area contributed by atoms with Crippen LogP contribution in [0.3, 0.4) is 0 Å². The SMILES string of the molecule is C[C@@H]1C(=O)NC(=S)S[C@H]1c1ccccc1. The lowest BCUT2D eigenvalue weighted by Crippen LogP contribution is -2.39. The summed E-state index contributed by atoms with van der Waals surface area (Å²) in [7, 11) is 0. The molecule has 0 spiro atoms. The van der Waals surface area contributed by atoms with E-state index in [-0.39, 0.29) is 17.1 Å². The number of thioether (sulfide) groups is 1. The lowest BCUT2D eigenvalue weighted by molar-refractivity contribution is -0.123. The Morgan fingerprint density at radius 2 is 2.00 bits per heavy atom. The van der Waals surface area contributed by atoms with Crippen LogP contribution in [0.4, 0.5) is 0 Å². The second-order valence-electron chi connectivity index (χ2n) is 3.51. The summed E-state index contributed by atoms with van der Waals surface area (Å²) in [5.74, 6) is -0.0169. The maximum atomic E-state index is 11.6. The number of carbonyl (C=O) groups is 1. The average Bonchev–Trinajstić information content (AvgIpc) is 2.24. The fourth-order valence-corrected chi connectivity index (χ4v) is 3.02. The van der Waals surface area contributed by atoms with Gasteiger partial charge in [0, 0.05) is 5.25 Å². The quantitative estimate of drug-likeness (QED) is 0.761. The highest BCUT2D eigenvalue weighted by atomic mass is 32.2. The third kappa shape index (κ3) is 2.21. The topological polar surface area (TPSA) is 29.1 Å². The smallest absolute Gasteiger partial charge is 0.229 e. The molecule has 15 heavy (non-hydrogen) atoms. The third-order valence-electron chi connectivity index (χ3n) is 2.46. The van der Waals surface area contributed by atoms with E-state index in [0.29, 0.717) is 4.32 Å². The van der Waals surface area contributed by atoms with Crippen LogP contribution in [0.5, 0.6) is 0 Å². The summed E-state index contributed by atoms with van der Waals surface area (Å²) >= 11 is 6.59. The second kappa shape index (κ2) is 4.33. The van der Waals surface area contributed by atoms with Gasteiger partial charge >= 0.3 is 0 Å². The largest absolute Gasteiger partial charge is 0.311 e. The zero-order valence-corrected chi connectivity index (χ0v) is 9.90. The highest BCUT2D eigenvalue weighted by Crippen LogP contribution is 2.39. The minimum Gasteiger partial charge on any atom is -0.311 e. The molecular weight excluding hydrogens is 226 g/mol. The van der Waals surface area contributed by atoms with Crippen LogP contribution in [-0.2, 0) is 4.79 Å². The van der Waals surface area contributed by atoms with Crippen LogP contribution in [0.15, 0.2) is 30.3 Å². The van der Waals surface area contributed by atoms with E-state index < -0.39 is 0 Å². The van der Waals surface area contributed by atoms with Crippen molar-refractivity contribution in [3.05, 3.63) is 35.9 Å². The minimum absolute atomic E-state index is 0.0209. The molecule has 1 fully saturated rings. The Labute approximate surface area is 98.4 Å². The summed E-state index contributed by atoms with van der Waals surface area (Å²) in [6.07, 6.45) is 0. The summed E-state index contributed by atoms with van der Waals surface area (Å²) in [6, 6.07) is 10.0. The van der Waals surface area contributed by atoms with Gasteiger partial charge in [0.05, 0.1) is 5.92 Å². The molecule has 2 atom stereocenters. The summed E-state index contributed by atoms with van der Waals surface area (Å²) in [5.41, 5.74) is 1.16. The highest BCUT2D eigenvalue weighted by molar-refractivity contribution is 8.23. The van der Waals surface area contributed by atoms with Gasteiger partial charge < -0.3 is 5.32 Å². The predicted molar refractivity (Wildman–Crippen MR) is 66.7 cm³/mol. The molecule has 1 amide bonds. The van der Waals surface area contributed by atoms with Crippen molar-refractivity contribution in [2.75, 3.05) is 0 Å².